The molecule has 0 bridgehead atoms. The summed E-state index contributed by atoms with van der Waals surface area (Å²) in [6.45, 7) is 4.80. The van der Waals surface area contributed by atoms with Crippen LogP contribution in [0.25, 0.3) is 11.0 Å². The summed E-state index contributed by atoms with van der Waals surface area (Å²) in [5.74, 6) is 0.553. The molecule has 2 aromatic rings. The highest BCUT2D eigenvalue weighted by Crippen LogP contribution is 2.23. The molecule has 0 radical (unpaired) electrons. The predicted molar refractivity (Wildman–Crippen MR) is 77.7 cm³/mol. The van der Waals surface area contributed by atoms with Crippen LogP contribution in [0.2, 0.25) is 0 Å². The van der Waals surface area contributed by atoms with Crippen LogP contribution >= 0.6 is 0 Å². The maximum absolute atomic E-state index is 10.9. The third-order valence-corrected chi connectivity index (χ3v) is 3.21. The first-order chi connectivity index (χ1) is 9.56. The van der Waals surface area contributed by atoms with Gasteiger partial charge in [0.15, 0.2) is 0 Å². The van der Waals surface area contributed by atoms with Crippen molar-refractivity contribution in [3.05, 3.63) is 24.6 Å². The molecule has 1 atom stereocenters. The van der Waals surface area contributed by atoms with Gasteiger partial charge < -0.3 is 14.8 Å². The number of carbonyl (C=O) groups is 1. The van der Waals surface area contributed by atoms with Crippen molar-refractivity contribution in [3.8, 4) is 0 Å². The molecule has 0 amide bonds. The lowest BCUT2D eigenvalue weighted by Gasteiger charge is -2.18. The first kappa shape index (κ1) is 14.4. The van der Waals surface area contributed by atoms with Gasteiger partial charge in [-0.05, 0) is 30.4 Å². The van der Waals surface area contributed by atoms with Crippen LogP contribution < -0.4 is 5.32 Å². The van der Waals surface area contributed by atoms with E-state index in [1.165, 1.54) is 0 Å². The standard InChI is InChI=1S/C15H20N2O3/c1-10(2)7-11(8-14(18)19)9-17-15-12-4-6-20-13(12)3-5-16-15/h3-6,10-11H,7-9H2,1-2H3,(H,16,17)(H,18,19). The molecule has 0 spiro atoms. The Kier molecular flexibility index (Phi) is 4.61. The molecule has 0 saturated carbocycles. The molecule has 0 saturated heterocycles. The molecule has 0 aliphatic carbocycles. The average molecular weight is 276 g/mol. The van der Waals surface area contributed by atoms with Crippen molar-refractivity contribution in [2.24, 2.45) is 11.8 Å². The summed E-state index contributed by atoms with van der Waals surface area (Å²) in [7, 11) is 0. The van der Waals surface area contributed by atoms with E-state index in [9.17, 15) is 4.79 Å². The lowest BCUT2D eigenvalue weighted by atomic mass is 9.94. The normalized spacial score (nSPS) is 12.8. The Balaban J connectivity index is 2.04. The van der Waals surface area contributed by atoms with Crippen molar-refractivity contribution in [3.63, 3.8) is 0 Å². The van der Waals surface area contributed by atoms with E-state index < -0.39 is 5.97 Å². The molecule has 2 heterocycles. The molecule has 0 aliphatic heterocycles. The zero-order valence-electron chi connectivity index (χ0n) is 11.8. The van der Waals surface area contributed by atoms with Crippen LogP contribution in [-0.2, 0) is 4.79 Å². The van der Waals surface area contributed by atoms with Crippen LogP contribution in [0.3, 0.4) is 0 Å². The van der Waals surface area contributed by atoms with Crippen LogP contribution in [0.4, 0.5) is 5.82 Å². The van der Waals surface area contributed by atoms with Gasteiger partial charge >= 0.3 is 5.97 Å². The van der Waals surface area contributed by atoms with E-state index >= 15 is 0 Å². The van der Waals surface area contributed by atoms with E-state index in [1.807, 2.05) is 12.1 Å². The Hall–Kier alpha value is -2.04. The zero-order valence-corrected chi connectivity index (χ0v) is 11.8. The smallest absolute Gasteiger partial charge is 0.303 e. The summed E-state index contributed by atoms with van der Waals surface area (Å²) in [6, 6.07) is 3.67. The zero-order chi connectivity index (χ0) is 14.5. The Bertz CT molecular complexity index is 577. The SMILES string of the molecule is CC(C)CC(CNc1nccc2occc12)CC(=O)O. The van der Waals surface area contributed by atoms with Crippen LogP contribution in [0, 0.1) is 11.8 Å². The summed E-state index contributed by atoms with van der Waals surface area (Å²) in [4.78, 5) is 15.2. The number of pyridine rings is 1. The highest BCUT2D eigenvalue weighted by Gasteiger charge is 2.15. The molecule has 20 heavy (non-hydrogen) atoms. The Morgan fingerprint density at radius 2 is 2.25 bits per heavy atom. The third-order valence-electron chi connectivity index (χ3n) is 3.21. The fourth-order valence-corrected chi connectivity index (χ4v) is 2.43. The molecule has 0 aromatic carbocycles. The number of hydrogen-bond donors (Lipinski definition) is 2. The number of carboxylic acid groups (broad SMARTS) is 1. The van der Waals surface area contributed by atoms with Crippen LogP contribution in [-0.4, -0.2) is 22.6 Å². The fraction of sp³-hybridized carbons (Fsp3) is 0.467. The number of furan rings is 1. The molecule has 5 nitrogen and oxygen atoms in total. The Morgan fingerprint density at radius 1 is 1.45 bits per heavy atom. The van der Waals surface area contributed by atoms with Crippen LogP contribution in [0.1, 0.15) is 26.7 Å². The number of aromatic nitrogens is 1. The minimum absolute atomic E-state index is 0.0939. The third kappa shape index (κ3) is 3.73. The number of fused-ring (bicyclic) bond motifs is 1. The molecule has 2 aromatic heterocycles. The second kappa shape index (κ2) is 6.41. The summed E-state index contributed by atoms with van der Waals surface area (Å²) >= 11 is 0. The molecule has 2 N–H and O–H groups in total. The van der Waals surface area contributed by atoms with Crippen molar-refractivity contribution in [1.82, 2.24) is 4.98 Å². The molecule has 5 heteroatoms. The maximum atomic E-state index is 10.9. The van der Waals surface area contributed by atoms with Gasteiger partial charge in [-0.3, -0.25) is 4.79 Å². The Labute approximate surface area is 118 Å². The monoisotopic (exact) mass is 276 g/mol. The highest BCUT2D eigenvalue weighted by molar-refractivity contribution is 5.87. The van der Waals surface area contributed by atoms with E-state index in [0.717, 1.165) is 23.2 Å². The summed E-state index contributed by atoms with van der Waals surface area (Å²) < 4.78 is 5.32. The minimum Gasteiger partial charge on any atom is -0.481 e. The average Bonchev–Trinajstić information content (AvgIpc) is 2.83. The van der Waals surface area contributed by atoms with Crippen LogP contribution in [0.5, 0.6) is 0 Å². The summed E-state index contributed by atoms with van der Waals surface area (Å²) in [6.07, 6.45) is 4.36. The van der Waals surface area contributed by atoms with Crippen molar-refractivity contribution in [2.45, 2.75) is 26.7 Å². The summed E-state index contributed by atoms with van der Waals surface area (Å²) in [5.41, 5.74) is 0.779. The van der Waals surface area contributed by atoms with Gasteiger partial charge in [-0.1, -0.05) is 13.8 Å². The Morgan fingerprint density at radius 3 is 2.95 bits per heavy atom. The van der Waals surface area contributed by atoms with Crippen molar-refractivity contribution in [2.75, 3.05) is 11.9 Å². The highest BCUT2D eigenvalue weighted by atomic mass is 16.4. The van der Waals surface area contributed by atoms with Gasteiger partial charge in [-0.25, -0.2) is 4.98 Å². The van der Waals surface area contributed by atoms with Gasteiger partial charge in [-0.15, -0.1) is 0 Å². The number of hydrogen-bond acceptors (Lipinski definition) is 4. The number of rotatable bonds is 7. The van der Waals surface area contributed by atoms with E-state index in [-0.39, 0.29) is 12.3 Å². The molecular formula is C15H20N2O3. The van der Waals surface area contributed by atoms with E-state index in [0.29, 0.717) is 12.5 Å². The lowest BCUT2D eigenvalue weighted by molar-refractivity contribution is -0.138. The van der Waals surface area contributed by atoms with Crippen LogP contribution in [0.15, 0.2) is 29.0 Å². The van der Waals surface area contributed by atoms with Gasteiger partial charge in [0.1, 0.15) is 11.4 Å². The second-order valence-corrected chi connectivity index (χ2v) is 5.47. The maximum Gasteiger partial charge on any atom is 0.303 e. The van der Waals surface area contributed by atoms with Crippen molar-refractivity contribution in [1.29, 1.82) is 0 Å². The van der Waals surface area contributed by atoms with E-state index in [1.54, 1.807) is 12.5 Å². The molecule has 0 fully saturated rings. The molecule has 0 aliphatic rings. The molecule has 2 rings (SSSR count). The minimum atomic E-state index is -0.757. The van der Waals surface area contributed by atoms with Gasteiger partial charge in [0.05, 0.1) is 11.6 Å². The van der Waals surface area contributed by atoms with E-state index in [4.69, 9.17) is 9.52 Å². The first-order valence-electron chi connectivity index (χ1n) is 6.84. The van der Waals surface area contributed by atoms with E-state index in [2.05, 4.69) is 24.1 Å². The summed E-state index contributed by atoms with van der Waals surface area (Å²) in [5, 5.41) is 13.1. The predicted octanol–water partition coefficient (Wildman–Crippen LogP) is 3.38. The van der Waals surface area contributed by atoms with Gasteiger partial charge in [0.25, 0.3) is 0 Å². The molecule has 108 valence electrons. The number of anilines is 1. The van der Waals surface area contributed by atoms with Crippen molar-refractivity contribution < 1.29 is 14.3 Å². The second-order valence-electron chi connectivity index (χ2n) is 5.47. The van der Waals surface area contributed by atoms with Gasteiger partial charge in [0, 0.05) is 19.2 Å². The molecule has 1 unspecified atom stereocenters. The number of carboxylic acids is 1. The van der Waals surface area contributed by atoms with Gasteiger partial charge in [0.2, 0.25) is 0 Å². The number of aliphatic carboxylic acids is 1. The topological polar surface area (TPSA) is 75.4 Å². The van der Waals surface area contributed by atoms with Gasteiger partial charge in [-0.2, -0.15) is 0 Å². The lowest BCUT2D eigenvalue weighted by Crippen LogP contribution is -2.20. The molecular weight excluding hydrogens is 256 g/mol. The number of nitrogens with one attached hydrogen (secondary N) is 1. The first-order valence-corrected chi connectivity index (χ1v) is 6.84. The fourth-order valence-electron chi connectivity index (χ4n) is 2.43. The largest absolute Gasteiger partial charge is 0.481 e. The quantitative estimate of drug-likeness (QED) is 0.810. The van der Waals surface area contributed by atoms with Crippen molar-refractivity contribution >= 4 is 22.8 Å². The number of nitrogens with zero attached hydrogens (tertiary/aromatic N) is 1.